The number of pyridine rings is 1. The number of nitrogens with zero attached hydrogens (tertiary/aromatic N) is 2. The Morgan fingerprint density at radius 1 is 1.14 bits per heavy atom. The number of nitrogens with one attached hydrogen (secondary N) is 1. The van der Waals surface area contributed by atoms with Crippen LogP contribution in [0, 0.1) is 0 Å². The smallest absolute Gasteiger partial charge is 0.125 e. The molecule has 0 unspecified atom stereocenters. The standard InChI is InChI=1S/C16H14BrN3S/c1-18-10-14-15(11-5-3-2-4-6-11)20-16(21-14)12-7-13(17)9-19-8-12/h2-9,18H,10H2,1H3. The second kappa shape index (κ2) is 6.47. The van der Waals surface area contributed by atoms with Crippen LogP contribution in [0.25, 0.3) is 21.8 Å². The summed E-state index contributed by atoms with van der Waals surface area (Å²) >= 11 is 5.17. The molecular formula is C16H14BrN3S. The van der Waals surface area contributed by atoms with Crippen LogP contribution in [-0.4, -0.2) is 17.0 Å². The van der Waals surface area contributed by atoms with Crippen molar-refractivity contribution < 1.29 is 0 Å². The molecule has 0 saturated heterocycles. The molecule has 2 aromatic heterocycles. The van der Waals surface area contributed by atoms with Gasteiger partial charge in [0.2, 0.25) is 0 Å². The number of aromatic nitrogens is 2. The van der Waals surface area contributed by atoms with E-state index in [9.17, 15) is 0 Å². The molecular weight excluding hydrogens is 346 g/mol. The van der Waals surface area contributed by atoms with Crippen LogP contribution >= 0.6 is 27.3 Å². The van der Waals surface area contributed by atoms with Crippen molar-refractivity contribution in [2.45, 2.75) is 6.54 Å². The van der Waals surface area contributed by atoms with Crippen molar-refractivity contribution in [3.8, 4) is 21.8 Å². The first-order valence-electron chi connectivity index (χ1n) is 6.58. The molecule has 3 aromatic rings. The summed E-state index contributed by atoms with van der Waals surface area (Å²) in [5.74, 6) is 0. The Bertz CT molecular complexity index is 740. The van der Waals surface area contributed by atoms with E-state index in [0.717, 1.165) is 32.8 Å². The highest BCUT2D eigenvalue weighted by Gasteiger charge is 2.14. The summed E-state index contributed by atoms with van der Waals surface area (Å²) in [6.45, 7) is 0.809. The predicted octanol–water partition coefficient (Wildman–Crippen LogP) is 4.35. The fourth-order valence-electron chi connectivity index (χ4n) is 2.11. The van der Waals surface area contributed by atoms with Gasteiger partial charge >= 0.3 is 0 Å². The molecule has 1 aromatic carbocycles. The van der Waals surface area contributed by atoms with E-state index in [2.05, 4.69) is 38.4 Å². The van der Waals surface area contributed by atoms with Crippen molar-refractivity contribution in [3.05, 3.63) is 58.1 Å². The number of halogens is 1. The van der Waals surface area contributed by atoms with Gasteiger partial charge in [-0.1, -0.05) is 30.3 Å². The summed E-state index contributed by atoms with van der Waals surface area (Å²) in [5.41, 5.74) is 3.23. The Hall–Kier alpha value is -1.56. The molecule has 2 heterocycles. The van der Waals surface area contributed by atoms with Gasteiger partial charge in [-0.2, -0.15) is 0 Å². The SMILES string of the molecule is CNCc1sc(-c2cncc(Br)c2)nc1-c1ccccc1. The summed E-state index contributed by atoms with van der Waals surface area (Å²) < 4.78 is 0.964. The lowest BCUT2D eigenvalue weighted by molar-refractivity contribution is 0.831. The number of rotatable bonds is 4. The third-order valence-electron chi connectivity index (χ3n) is 3.03. The zero-order valence-corrected chi connectivity index (χ0v) is 13.9. The average Bonchev–Trinajstić information content (AvgIpc) is 2.93. The Balaban J connectivity index is 2.08. The van der Waals surface area contributed by atoms with Crippen LogP contribution in [0.1, 0.15) is 4.88 Å². The zero-order chi connectivity index (χ0) is 14.7. The van der Waals surface area contributed by atoms with E-state index in [1.807, 2.05) is 37.5 Å². The minimum Gasteiger partial charge on any atom is -0.315 e. The van der Waals surface area contributed by atoms with Crippen molar-refractivity contribution in [2.24, 2.45) is 0 Å². The normalized spacial score (nSPS) is 10.8. The monoisotopic (exact) mass is 359 g/mol. The van der Waals surface area contributed by atoms with Crippen molar-refractivity contribution in [1.82, 2.24) is 15.3 Å². The van der Waals surface area contributed by atoms with Gasteiger partial charge in [-0.15, -0.1) is 11.3 Å². The highest BCUT2D eigenvalue weighted by molar-refractivity contribution is 9.10. The van der Waals surface area contributed by atoms with Crippen LogP contribution in [0.3, 0.4) is 0 Å². The highest BCUT2D eigenvalue weighted by atomic mass is 79.9. The molecule has 3 nitrogen and oxygen atoms in total. The lowest BCUT2D eigenvalue weighted by Crippen LogP contribution is -2.04. The summed E-state index contributed by atoms with van der Waals surface area (Å²) in [4.78, 5) is 10.3. The molecule has 0 aliphatic rings. The molecule has 106 valence electrons. The molecule has 1 N–H and O–H groups in total. The summed E-state index contributed by atoms with van der Waals surface area (Å²) in [7, 11) is 1.95. The van der Waals surface area contributed by atoms with Crippen LogP contribution in [-0.2, 0) is 6.54 Å². The molecule has 0 saturated carbocycles. The maximum Gasteiger partial charge on any atom is 0.125 e. The fraction of sp³-hybridized carbons (Fsp3) is 0.125. The molecule has 0 atom stereocenters. The van der Waals surface area contributed by atoms with Gasteiger partial charge < -0.3 is 5.32 Å². The predicted molar refractivity (Wildman–Crippen MR) is 91.2 cm³/mol. The van der Waals surface area contributed by atoms with Crippen molar-refractivity contribution >= 4 is 27.3 Å². The number of thiazole rings is 1. The van der Waals surface area contributed by atoms with E-state index in [-0.39, 0.29) is 0 Å². The van der Waals surface area contributed by atoms with Crippen molar-refractivity contribution in [3.63, 3.8) is 0 Å². The quantitative estimate of drug-likeness (QED) is 0.752. The Kier molecular flexibility index (Phi) is 4.43. The number of hydrogen-bond acceptors (Lipinski definition) is 4. The van der Waals surface area contributed by atoms with E-state index in [1.54, 1.807) is 17.5 Å². The van der Waals surface area contributed by atoms with E-state index >= 15 is 0 Å². The van der Waals surface area contributed by atoms with Crippen LogP contribution in [0.5, 0.6) is 0 Å². The number of benzene rings is 1. The van der Waals surface area contributed by atoms with Crippen LogP contribution in [0.2, 0.25) is 0 Å². The molecule has 3 rings (SSSR count). The van der Waals surface area contributed by atoms with Gasteiger partial charge in [-0.25, -0.2) is 4.98 Å². The lowest BCUT2D eigenvalue weighted by Gasteiger charge is -2.00. The van der Waals surface area contributed by atoms with Crippen LogP contribution in [0.4, 0.5) is 0 Å². The van der Waals surface area contributed by atoms with Crippen molar-refractivity contribution in [2.75, 3.05) is 7.05 Å². The second-order valence-corrected chi connectivity index (χ2v) is 6.58. The Morgan fingerprint density at radius 2 is 1.95 bits per heavy atom. The van der Waals surface area contributed by atoms with E-state index < -0.39 is 0 Å². The Labute approximate surface area is 136 Å². The lowest BCUT2D eigenvalue weighted by atomic mass is 10.1. The van der Waals surface area contributed by atoms with Gasteiger partial charge in [0.05, 0.1) is 5.69 Å². The Morgan fingerprint density at radius 3 is 2.67 bits per heavy atom. The molecule has 0 aliphatic heterocycles. The molecule has 0 bridgehead atoms. The minimum absolute atomic E-state index is 0.809. The zero-order valence-electron chi connectivity index (χ0n) is 11.5. The van der Waals surface area contributed by atoms with E-state index in [0.29, 0.717) is 0 Å². The maximum absolute atomic E-state index is 4.83. The minimum atomic E-state index is 0.809. The first kappa shape index (κ1) is 14.4. The second-order valence-electron chi connectivity index (χ2n) is 4.58. The average molecular weight is 360 g/mol. The van der Waals surface area contributed by atoms with E-state index in [1.165, 1.54) is 4.88 Å². The van der Waals surface area contributed by atoms with Gasteiger partial charge in [0.1, 0.15) is 5.01 Å². The van der Waals surface area contributed by atoms with Gasteiger partial charge in [0.15, 0.2) is 0 Å². The molecule has 0 fully saturated rings. The highest BCUT2D eigenvalue weighted by Crippen LogP contribution is 2.34. The third kappa shape index (κ3) is 3.20. The van der Waals surface area contributed by atoms with Gasteiger partial charge in [-0.3, -0.25) is 4.98 Å². The fourth-order valence-corrected chi connectivity index (χ4v) is 3.55. The van der Waals surface area contributed by atoms with Crippen LogP contribution in [0.15, 0.2) is 53.3 Å². The molecule has 5 heteroatoms. The number of hydrogen-bond donors (Lipinski definition) is 1. The molecule has 0 radical (unpaired) electrons. The molecule has 0 spiro atoms. The van der Waals surface area contributed by atoms with Gasteiger partial charge in [0, 0.05) is 39.4 Å². The van der Waals surface area contributed by atoms with E-state index in [4.69, 9.17) is 4.98 Å². The van der Waals surface area contributed by atoms with Crippen LogP contribution < -0.4 is 5.32 Å². The van der Waals surface area contributed by atoms with Crippen molar-refractivity contribution in [1.29, 1.82) is 0 Å². The van der Waals surface area contributed by atoms with Gasteiger partial charge in [-0.05, 0) is 29.0 Å². The topological polar surface area (TPSA) is 37.8 Å². The first-order valence-corrected chi connectivity index (χ1v) is 8.19. The first-order chi connectivity index (χ1) is 10.3. The third-order valence-corrected chi connectivity index (χ3v) is 4.57. The summed E-state index contributed by atoms with van der Waals surface area (Å²) in [5, 5.41) is 4.21. The molecule has 0 amide bonds. The summed E-state index contributed by atoms with van der Waals surface area (Å²) in [6, 6.07) is 12.3. The summed E-state index contributed by atoms with van der Waals surface area (Å²) in [6.07, 6.45) is 3.63. The largest absolute Gasteiger partial charge is 0.315 e. The molecule has 21 heavy (non-hydrogen) atoms. The maximum atomic E-state index is 4.83. The van der Waals surface area contributed by atoms with Gasteiger partial charge in [0.25, 0.3) is 0 Å². The molecule has 0 aliphatic carbocycles.